The normalized spacial score (nSPS) is 38.6. The van der Waals surface area contributed by atoms with E-state index >= 15 is 0 Å². The van der Waals surface area contributed by atoms with Crippen molar-refractivity contribution in [3.63, 3.8) is 0 Å². The maximum absolute atomic E-state index is 2.95. The van der Waals surface area contributed by atoms with Gasteiger partial charge in [-0.2, -0.15) is 0 Å². The molecular weight excluding hydrogens is 308 g/mol. The SMILES string of the molecule is C1=C2Cc3ccc4n3[C@@]35N2C(C1)CC1CCC(Cc2ccc(n23)C4)N15. The molecule has 0 bridgehead atoms. The van der Waals surface area contributed by atoms with Crippen molar-refractivity contribution in [1.29, 1.82) is 0 Å². The molecule has 4 nitrogen and oxygen atoms in total. The Bertz CT molecular complexity index is 994. The lowest BCUT2D eigenvalue weighted by Gasteiger charge is -2.65. The smallest absolute Gasteiger partial charge is 0.264 e. The molecule has 0 aliphatic carbocycles. The first-order valence-electron chi connectivity index (χ1n) is 10.0. The summed E-state index contributed by atoms with van der Waals surface area (Å²) < 4.78 is 5.51. The van der Waals surface area contributed by atoms with Crippen molar-refractivity contribution in [1.82, 2.24) is 18.9 Å². The van der Waals surface area contributed by atoms with Crippen molar-refractivity contribution in [2.24, 2.45) is 0 Å². The second-order valence-corrected chi connectivity index (χ2v) is 8.94. The Kier molecular flexibility index (Phi) is 1.79. The van der Waals surface area contributed by atoms with Crippen LogP contribution in [0.2, 0.25) is 0 Å². The molecule has 3 unspecified atom stereocenters. The second-order valence-electron chi connectivity index (χ2n) is 8.94. The standard InChI is InChI=1S/C21H22N4/c1-2-14-10-16-5-6-18-12-20-8-7-19-11-17-4-3-15-9-13(1)22(14)21(23(15)17,24(16)18)25(19)20/h1-5,18-20H,6-12H2/t18?,19?,20?,21-/m0/s1. The van der Waals surface area contributed by atoms with Crippen LogP contribution in [-0.2, 0) is 25.2 Å². The minimum absolute atomic E-state index is 0.103. The van der Waals surface area contributed by atoms with Gasteiger partial charge in [0.05, 0.1) is 0 Å². The number of nitrogens with zero attached hydrogens (tertiary/aromatic N) is 4. The van der Waals surface area contributed by atoms with E-state index in [1.165, 1.54) is 49.2 Å². The highest BCUT2D eigenvalue weighted by atomic mass is 15.7. The molecule has 0 saturated carbocycles. The predicted molar refractivity (Wildman–Crippen MR) is 94.0 cm³/mol. The number of aromatic nitrogens is 2. The molecule has 8 rings (SSSR count). The van der Waals surface area contributed by atoms with E-state index in [0.29, 0.717) is 12.1 Å². The van der Waals surface area contributed by atoms with Crippen molar-refractivity contribution in [2.45, 2.75) is 69.0 Å². The van der Waals surface area contributed by atoms with Crippen LogP contribution in [-0.4, -0.2) is 37.1 Å². The highest BCUT2D eigenvalue weighted by Crippen LogP contribution is 2.57. The van der Waals surface area contributed by atoms with Crippen LogP contribution in [0.3, 0.4) is 0 Å². The van der Waals surface area contributed by atoms with Crippen molar-refractivity contribution < 1.29 is 0 Å². The zero-order valence-corrected chi connectivity index (χ0v) is 14.4. The average Bonchev–Trinajstić information content (AvgIpc) is 3.38. The first-order chi connectivity index (χ1) is 12.4. The summed E-state index contributed by atoms with van der Waals surface area (Å²) in [4.78, 5) is 5.80. The highest BCUT2D eigenvalue weighted by molar-refractivity contribution is 5.41. The summed E-state index contributed by atoms with van der Waals surface area (Å²) in [7, 11) is 0. The molecule has 2 aromatic heterocycles. The van der Waals surface area contributed by atoms with Crippen LogP contribution >= 0.6 is 0 Å². The van der Waals surface area contributed by atoms with Gasteiger partial charge >= 0.3 is 0 Å². The molecule has 0 N–H and O–H groups in total. The van der Waals surface area contributed by atoms with E-state index in [1.54, 1.807) is 11.4 Å². The van der Waals surface area contributed by atoms with Crippen LogP contribution in [0.15, 0.2) is 36.0 Å². The molecule has 2 saturated heterocycles. The minimum Gasteiger partial charge on any atom is -0.318 e. The Morgan fingerprint density at radius 2 is 1.52 bits per heavy atom. The third-order valence-electron chi connectivity index (χ3n) is 7.99. The molecule has 1 spiro atoms. The largest absolute Gasteiger partial charge is 0.318 e. The molecule has 126 valence electrons. The first-order valence-corrected chi connectivity index (χ1v) is 10.0. The molecule has 6 aliphatic rings. The number of rotatable bonds is 0. The summed E-state index contributed by atoms with van der Waals surface area (Å²) in [6.07, 6.45) is 11.4. The van der Waals surface area contributed by atoms with Gasteiger partial charge in [0, 0.05) is 65.9 Å². The van der Waals surface area contributed by atoms with E-state index in [4.69, 9.17) is 0 Å². The van der Waals surface area contributed by atoms with Gasteiger partial charge < -0.3 is 4.90 Å². The van der Waals surface area contributed by atoms with Gasteiger partial charge in [-0.25, -0.2) is 4.90 Å². The maximum Gasteiger partial charge on any atom is 0.264 e. The van der Waals surface area contributed by atoms with Crippen molar-refractivity contribution in [3.05, 3.63) is 58.8 Å². The van der Waals surface area contributed by atoms with Crippen LogP contribution in [0.4, 0.5) is 0 Å². The van der Waals surface area contributed by atoms with Crippen molar-refractivity contribution in [2.75, 3.05) is 0 Å². The third-order valence-corrected chi connectivity index (χ3v) is 7.99. The molecule has 0 amide bonds. The van der Waals surface area contributed by atoms with Crippen LogP contribution < -0.4 is 0 Å². The van der Waals surface area contributed by atoms with E-state index in [-0.39, 0.29) is 5.91 Å². The molecule has 6 aliphatic heterocycles. The number of allylic oxidation sites excluding steroid dienone is 1. The van der Waals surface area contributed by atoms with Gasteiger partial charge in [0.1, 0.15) is 0 Å². The third kappa shape index (κ3) is 1.09. The fraction of sp³-hybridized carbons (Fsp3) is 0.524. The molecular formula is C21H22N4. The molecule has 4 atom stereocenters. The lowest BCUT2D eigenvalue weighted by atomic mass is 9.94. The lowest BCUT2D eigenvalue weighted by Crippen LogP contribution is -2.77. The summed E-state index contributed by atoms with van der Waals surface area (Å²) in [6, 6.07) is 11.8. The summed E-state index contributed by atoms with van der Waals surface area (Å²) in [5.74, 6) is -0.103. The van der Waals surface area contributed by atoms with Gasteiger partial charge in [0.25, 0.3) is 5.91 Å². The first kappa shape index (κ1) is 12.4. The van der Waals surface area contributed by atoms with E-state index in [9.17, 15) is 0 Å². The van der Waals surface area contributed by atoms with Crippen LogP contribution in [0.25, 0.3) is 0 Å². The van der Waals surface area contributed by atoms with E-state index in [2.05, 4.69) is 49.3 Å². The molecule has 0 radical (unpaired) electrons. The van der Waals surface area contributed by atoms with Gasteiger partial charge in [0.2, 0.25) is 0 Å². The fourth-order valence-corrected chi connectivity index (χ4v) is 7.38. The monoisotopic (exact) mass is 330 g/mol. The number of hydrogen-bond donors (Lipinski definition) is 0. The predicted octanol–water partition coefficient (Wildman–Crippen LogP) is 2.62. The molecule has 25 heavy (non-hydrogen) atoms. The Morgan fingerprint density at radius 1 is 0.800 bits per heavy atom. The van der Waals surface area contributed by atoms with Gasteiger partial charge in [-0.05, 0) is 49.9 Å². The zero-order chi connectivity index (χ0) is 15.9. The van der Waals surface area contributed by atoms with E-state index < -0.39 is 0 Å². The lowest BCUT2D eigenvalue weighted by molar-refractivity contribution is -0.220. The van der Waals surface area contributed by atoms with E-state index in [0.717, 1.165) is 18.9 Å². The van der Waals surface area contributed by atoms with Crippen LogP contribution in [0, 0.1) is 0 Å². The van der Waals surface area contributed by atoms with Gasteiger partial charge in [-0.15, -0.1) is 0 Å². The Morgan fingerprint density at radius 3 is 2.40 bits per heavy atom. The summed E-state index contributed by atoms with van der Waals surface area (Å²) in [5, 5.41) is 0. The maximum atomic E-state index is 2.95. The zero-order valence-electron chi connectivity index (χ0n) is 14.4. The molecule has 2 aromatic rings. The quantitative estimate of drug-likeness (QED) is 0.738. The summed E-state index contributed by atoms with van der Waals surface area (Å²) >= 11 is 0. The minimum atomic E-state index is -0.103. The number of hydrogen-bond acceptors (Lipinski definition) is 2. The van der Waals surface area contributed by atoms with E-state index in [1.807, 2.05) is 0 Å². The highest BCUT2D eigenvalue weighted by Gasteiger charge is 2.65. The van der Waals surface area contributed by atoms with Crippen molar-refractivity contribution in [3.8, 4) is 0 Å². The summed E-state index contributed by atoms with van der Waals surface area (Å²) in [6.45, 7) is 0. The van der Waals surface area contributed by atoms with Crippen molar-refractivity contribution >= 4 is 0 Å². The molecule has 0 aromatic carbocycles. The van der Waals surface area contributed by atoms with Gasteiger partial charge in [-0.1, -0.05) is 6.08 Å². The van der Waals surface area contributed by atoms with Gasteiger partial charge in [-0.3, -0.25) is 9.13 Å². The van der Waals surface area contributed by atoms with Gasteiger partial charge in [0.15, 0.2) is 0 Å². The topological polar surface area (TPSA) is 16.3 Å². The molecule has 8 heterocycles. The van der Waals surface area contributed by atoms with Crippen LogP contribution in [0.1, 0.15) is 48.5 Å². The molecule has 4 heteroatoms. The Balaban J connectivity index is 1.59. The second kappa shape index (κ2) is 3.61. The Hall–Kier alpha value is -1.94. The average molecular weight is 330 g/mol. The Labute approximate surface area is 147 Å². The fourth-order valence-electron chi connectivity index (χ4n) is 7.38. The summed E-state index contributed by atoms with van der Waals surface area (Å²) in [5.41, 5.74) is 7.71. The van der Waals surface area contributed by atoms with Crippen LogP contribution in [0.5, 0.6) is 0 Å². The molecule has 2 fully saturated rings.